The minimum Gasteiger partial charge on any atom is -0.491 e. The van der Waals surface area contributed by atoms with Gasteiger partial charge in [-0.15, -0.1) is 12.4 Å². The van der Waals surface area contributed by atoms with Crippen molar-refractivity contribution in [2.24, 2.45) is 5.73 Å². The van der Waals surface area contributed by atoms with Crippen LogP contribution in [0.4, 0.5) is 0 Å². The van der Waals surface area contributed by atoms with Crippen molar-refractivity contribution in [3.8, 4) is 5.75 Å². The monoisotopic (exact) mass is 231 g/mol. The van der Waals surface area contributed by atoms with E-state index in [0.717, 1.165) is 12.2 Å². The fourth-order valence-electron chi connectivity index (χ4n) is 1.08. The smallest absolute Gasteiger partial charge is 0.119 e. The van der Waals surface area contributed by atoms with Gasteiger partial charge in [0.1, 0.15) is 18.5 Å². The van der Waals surface area contributed by atoms with E-state index in [4.69, 9.17) is 10.5 Å². The van der Waals surface area contributed by atoms with Gasteiger partial charge >= 0.3 is 0 Å². The molecule has 86 valence electrons. The molecule has 0 saturated carbocycles. The molecule has 3 nitrogen and oxygen atoms in total. The van der Waals surface area contributed by atoms with E-state index in [1.165, 1.54) is 5.56 Å². The van der Waals surface area contributed by atoms with Crippen LogP contribution in [0.5, 0.6) is 5.75 Å². The Balaban J connectivity index is 0.00000196. The molecule has 0 saturated heterocycles. The van der Waals surface area contributed by atoms with Crippen molar-refractivity contribution in [3.63, 3.8) is 0 Å². The molecule has 0 bridgehead atoms. The third-order valence-electron chi connectivity index (χ3n) is 2.05. The highest BCUT2D eigenvalue weighted by Crippen LogP contribution is 2.12. The van der Waals surface area contributed by atoms with Crippen LogP contribution in [0.15, 0.2) is 24.3 Å². The number of aliphatic hydroxyl groups is 1. The molecule has 1 rings (SSSR count). The largest absolute Gasteiger partial charge is 0.491 e. The second-order valence-electron chi connectivity index (χ2n) is 3.20. The first-order chi connectivity index (χ1) is 6.76. The average molecular weight is 232 g/mol. The Morgan fingerprint density at radius 2 is 1.93 bits per heavy atom. The summed E-state index contributed by atoms with van der Waals surface area (Å²) in [5.41, 5.74) is 6.53. The zero-order valence-electron chi connectivity index (χ0n) is 8.85. The molecule has 0 fully saturated rings. The molecule has 0 aromatic heterocycles. The van der Waals surface area contributed by atoms with E-state index in [-0.39, 0.29) is 25.6 Å². The van der Waals surface area contributed by atoms with Gasteiger partial charge in [-0.1, -0.05) is 19.1 Å². The Labute approximate surface area is 96.7 Å². The van der Waals surface area contributed by atoms with Crippen LogP contribution >= 0.6 is 12.4 Å². The van der Waals surface area contributed by atoms with Crippen LogP contribution < -0.4 is 10.5 Å². The molecule has 1 unspecified atom stereocenters. The van der Waals surface area contributed by atoms with Crippen LogP contribution in [0.25, 0.3) is 0 Å². The van der Waals surface area contributed by atoms with Crippen LogP contribution in [0.3, 0.4) is 0 Å². The summed E-state index contributed by atoms with van der Waals surface area (Å²) < 4.78 is 5.33. The minimum absolute atomic E-state index is 0. The fraction of sp³-hybridized carbons (Fsp3) is 0.455. The number of hydrogen-bond acceptors (Lipinski definition) is 3. The standard InChI is InChI=1S/C11H17NO2.ClH/c1-2-9-3-5-11(6-4-9)14-8-10(13)7-12;/h3-6,10,13H,2,7-8,12H2,1H3;1H. The molecule has 0 aliphatic heterocycles. The van der Waals surface area contributed by atoms with Crippen molar-refractivity contribution in [1.82, 2.24) is 0 Å². The van der Waals surface area contributed by atoms with E-state index in [1.807, 2.05) is 24.3 Å². The van der Waals surface area contributed by atoms with Gasteiger partial charge in [-0.2, -0.15) is 0 Å². The molecule has 1 aromatic carbocycles. The number of ether oxygens (including phenoxy) is 1. The lowest BCUT2D eigenvalue weighted by Gasteiger charge is -2.10. The first-order valence-electron chi connectivity index (χ1n) is 4.86. The van der Waals surface area contributed by atoms with E-state index < -0.39 is 6.10 Å². The van der Waals surface area contributed by atoms with Gasteiger partial charge in [0.15, 0.2) is 0 Å². The van der Waals surface area contributed by atoms with Crippen molar-refractivity contribution in [2.75, 3.05) is 13.2 Å². The molecule has 0 spiro atoms. The number of halogens is 1. The summed E-state index contributed by atoms with van der Waals surface area (Å²) in [6.07, 6.45) is 0.437. The molecule has 0 aliphatic carbocycles. The van der Waals surface area contributed by atoms with Gasteiger partial charge in [0, 0.05) is 6.54 Å². The van der Waals surface area contributed by atoms with E-state index >= 15 is 0 Å². The predicted octanol–water partition coefficient (Wildman–Crippen LogP) is 1.37. The second-order valence-corrected chi connectivity index (χ2v) is 3.20. The minimum atomic E-state index is -0.583. The van der Waals surface area contributed by atoms with Crippen LogP contribution in [-0.2, 0) is 6.42 Å². The van der Waals surface area contributed by atoms with Gasteiger partial charge in [0.05, 0.1) is 0 Å². The number of aliphatic hydroxyl groups excluding tert-OH is 1. The Morgan fingerprint density at radius 3 is 2.40 bits per heavy atom. The normalized spacial score (nSPS) is 11.7. The van der Waals surface area contributed by atoms with Crippen LogP contribution in [0.1, 0.15) is 12.5 Å². The predicted molar refractivity (Wildman–Crippen MR) is 63.6 cm³/mol. The molecular weight excluding hydrogens is 214 g/mol. The molecule has 1 atom stereocenters. The van der Waals surface area contributed by atoms with E-state index in [2.05, 4.69) is 6.92 Å². The maximum Gasteiger partial charge on any atom is 0.119 e. The first kappa shape index (κ1) is 14.2. The fourth-order valence-corrected chi connectivity index (χ4v) is 1.08. The van der Waals surface area contributed by atoms with Crippen molar-refractivity contribution in [3.05, 3.63) is 29.8 Å². The van der Waals surface area contributed by atoms with Crippen molar-refractivity contribution in [1.29, 1.82) is 0 Å². The third kappa shape index (κ3) is 5.02. The van der Waals surface area contributed by atoms with E-state index in [9.17, 15) is 5.11 Å². The number of hydrogen-bond donors (Lipinski definition) is 2. The highest BCUT2D eigenvalue weighted by Gasteiger charge is 2.01. The summed E-state index contributed by atoms with van der Waals surface area (Å²) in [7, 11) is 0. The van der Waals surface area contributed by atoms with Crippen LogP contribution in [-0.4, -0.2) is 24.4 Å². The number of nitrogens with two attached hydrogens (primary N) is 1. The van der Waals surface area contributed by atoms with Crippen molar-refractivity contribution >= 4 is 12.4 Å². The summed E-state index contributed by atoms with van der Waals surface area (Å²) in [6, 6.07) is 7.85. The van der Waals surface area contributed by atoms with Crippen molar-refractivity contribution < 1.29 is 9.84 Å². The zero-order chi connectivity index (χ0) is 10.4. The zero-order valence-corrected chi connectivity index (χ0v) is 9.67. The summed E-state index contributed by atoms with van der Waals surface area (Å²) in [5.74, 6) is 0.773. The Kier molecular flexibility index (Phi) is 7.13. The number of benzene rings is 1. The van der Waals surface area contributed by atoms with Gasteiger partial charge in [-0.3, -0.25) is 0 Å². The third-order valence-corrected chi connectivity index (χ3v) is 2.05. The molecule has 4 heteroatoms. The van der Waals surface area contributed by atoms with Gasteiger partial charge in [0.25, 0.3) is 0 Å². The summed E-state index contributed by atoms with van der Waals surface area (Å²) in [6.45, 7) is 2.59. The highest BCUT2D eigenvalue weighted by molar-refractivity contribution is 5.85. The number of aryl methyl sites for hydroxylation is 1. The van der Waals surface area contributed by atoms with Gasteiger partial charge in [-0.25, -0.2) is 0 Å². The summed E-state index contributed by atoms with van der Waals surface area (Å²) >= 11 is 0. The van der Waals surface area contributed by atoms with E-state index in [1.54, 1.807) is 0 Å². The Morgan fingerprint density at radius 1 is 1.33 bits per heavy atom. The topological polar surface area (TPSA) is 55.5 Å². The molecular formula is C11H18ClNO2. The lowest BCUT2D eigenvalue weighted by molar-refractivity contribution is 0.114. The molecule has 0 aliphatic rings. The van der Waals surface area contributed by atoms with Gasteiger partial charge in [0.2, 0.25) is 0 Å². The second kappa shape index (κ2) is 7.51. The molecule has 3 N–H and O–H groups in total. The summed E-state index contributed by atoms with van der Waals surface area (Å²) in [5, 5.41) is 9.17. The molecule has 0 radical (unpaired) electrons. The quantitative estimate of drug-likeness (QED) is 0.805. The maximum absolute atomic E-state index is 9.17. The van der Waals surface area contributed by atoms with Crippen LogP contribution in [0.2, 0.25) is 0 Å². The molecule has 1 aromatic rings. The van der Waals surface area contributed by atoms with E-state index in [0.29, 0.717) is 0 Å². The van der Waals surface area contributed by atoms with Crippen LogP contribution in [0, 0.1) is 0 Å². The molecule has 15 heavy (non-hydrogen) atoms. The molecule has 0 amide bonds. The molecule has 0 heterocycles. The number of rotatable bonds is 5. The SMILES string of the molecule is CCc1ccc(OCC(O)CN)cc1.Cl. The maximum atomic E-state index is 9.17. The van der Waals surface area contributed by atoms with Crippen molar-refractivity contribution in [2.45, 2.75) is 19.4 Å². The Hall–Kier alpha value is -0.770. The highest BCUT2D eigenvalue weighted by atomic mass is 35.5. The Bertz CT molecular complexity index is 264. The lowest BCUT2D eigenvalue weighted by Crippen LogP contribution is -2.26. The lowest BCUT2D eigenvalue weighted by atomic mass is 10.2. The summed E-state index contributed by atoms with van der Waals surface area (Å²) in [4.78, 5) is 0. The first-order valence-corrected chi connectivity index (χ1v) is 4.86. The van der Waals surface area contributed by atoms with Gasteiger partial charge < -0.3 is 15.6 Å². The van der Waals surface area contributed by atoms with Gasteiger partial charge in [-0.05, 0) is 24.1 Å². The average Bonchev–Trinajstić information content (AvgIpc) is 2.26.